The van der Waals surface area contributed by atoms with Crippen molar-refractivity contribution in [3.05, 3.63) is 23.8 Å². The van der Waals surface area contributed by atoms with Crippen LogP contribution in [0.1, 0.15) is 44.2 Å². The molecule has 0 amide bonds. The lowest BCUT2D eigenvalue weighted by atomic mass is 10.1. The summed E-state index contributed by atoms with van der Waals surface area (Å²) in [6.45, 7) is 4.75. The molecule has 0 radical (unpaired) electrons. The number of benzene rings is 1. The van der Waals surface area contributed by atoms with Crippen molar-refractivity contribution in [2.24, 2.45) is 5.73 Å². The van der Waals surface area contributed by atoms with Gasteiger partial charge in [0.05, 0.1) is 12.6 Å². The minimum absolute atomic E-state index is 0.114. The number of hydrogen-bond donors (Lipinski definition) is 1. The minimum Gasteiger partial charge on any atom is -0.486 e. The number of ether oxygens (including phenoxy) is 3. The van der Waals surface area contributed by atoms with Crippen LogP contribution in [0.15, 0.2) is 18.2 Å². The minimum atomic E-state index is -0.114. The lowest BCUT2D eigenvalue weighted by molar-refractivity contribution is 0.117. The molecule has 0 saturated heterocycles. The molecular weight excluding hydrogens is 254 g/mol. The van der Waals surface area contributed by atoms with Gasteiger partial charge in [0.15, 0.2) is 11.5 Å². The number of hydrogen-bond acceptors (Lipinski definition) is 4. The largest absolute Gasteiger partial charge is 0.486 e. The second-order valence-electron chi connectivity index (χ2n) is 5.15. The molecule has 2 N–H and O–H groups in total. The van der Waals surface area contributed by atoms with Gasteiger partial charge in [0.2, 0.25) is 0 Å². The molecule has 0 aliphatic carbocycles. The highest BCUT2D eigenvalue weighted by molar-refractivity contribution is 5.44. The molecule has 1 atom stereocenters. The number of unbranched alkanes of at least 4 members (excludes halogenated alkanes) is 3. The Balaban J connectivity index is 1.76. The Hall–Kier alpha value is -1.26. The van der Waals surface area contributed by atoms with Gasteiger partial charge in [-0.15, -0.1) is 0 Å². The van der Waals surface area contributed by atoms with E-state index in [9.17, 15) is 0 Å². The summed E-state index contributed by atoms with van der Waals surface area (Å²) in [5.41, 5.74) is 7.18. The van der Waals surface area contributed by atoms with E-state index < -0.39 is 0 Å². The lowest BCUT2D eigenvalue weighted by Gasteiger charge is -2.20. The van der Waals surface area contributed by atoms with Crippen molar-refractivity contribution in [3.63, 3.8) is 0 Å². The Morgan fingerprint density at radius 3 is 2.75 bits per heavy atom. The van der Waals surface area contributed by atoms with Crippen molar-refractivity contribution >= 4 is 0 Å². The van der Waals surface area contributed by atoms with Gasteiger partial charge in [0.1, 0.15) is 13.2 Å². The molecule has 1 unspecified atom stereocenters. The van der Waals surface area contributed by atoms with E-state index in [1.807, 2.05) is 18.2 Å². The quantitative estimate of drug-likeness (QED) is 0.743. The van der Waals surface area contributed by atoms with E-state index in [2.05, 4.69) is 6.92 Å². The molecule has 4 heteroatoms. The second kappa shape index (κ2) is 8.12. The van der Waals surface area contributed by atoms with E-state index >= 15 is 0 Å². The summed E-state index contributed by atoms with van der Waals surface area (Å²) in [6, 6.07) is 5.75. The molecule has 2 rings (SSSR count). The van der Waals surface area contributed by atoms with Crippen LogP contribution in [-0.2, 0) is 4.74 Å². The molecule has 0 bridgehead atoms. The topological polar surface area (TPSA) is 53.7 Å². The summed E-state index contributed by atoms with van der Waals surface area (Å²) < 4.78 is 16.7. The molecule has 0 fully saturated rings. The first kappa shape index (κ1) is 15.1. The molecule has 1 aliphatic heterocycles. The average molecular weight is 279 g/mol. The van der Waals surface area contributed by atoms with Crippen molar-refractivity contribution in [3.8, 4) is 11.5 Å². The van der Waals surface area contributed by atoms with Crippen LogP contribution in [0.2, 0.25) is 0 Å². The van der Waals surface area contributed by atoms with Gasteiger partial charge < -0.3 is 19.9 Å². The maximum absolute atomic E-state index is 6.15. The van der Waals surface area contributed by atoms with Crippen LogP contribution in [0.3, 0.4) is 0 Å². The fourth-order valence-corrected chi connectivity index (χ4v) is 2.23. The van der Waals surface area contributed by atoms with Gasteiger partial charge in [-0.3, -0.25) is 0 Å². The van der Waals surface area contributed by atoms with Crippen molar-refractivity contribution in [2.75, 3.05) is 26.4 Å². The summed E-state index contributed by atoms with van der Waals surface area (Å²) >= 11 is 0. The first-order valence-corrected chi connectivity index (χ1v) is 7.54. The predicted molar refractivity (Wildman–Crippen MR) is 79.3 cm³/mol. The Labute approximate surface area is 121 Å². The first-order chi connectivity index (χ1) is 9.81. The van der Waals surface area contributed by atoms with E-state index in [1.54, 1.807) is 0 Å². The van der Waals surface area contributed by atoms with Crippen molar-refractivity contribution in [2.45, 2.75) is 38.6 Å². The Bertz CT molecular complexity index is 409. The van der Waals surface area contributed by atoms with Gasteiger partial charge in [-0.1, -0.05) is 32.3 Å². The van der Waals surface area contributed by atoms with Gasteiger partial charge in [-0.2, -0.15) is 0 Å². The summed E-state index contributed by atoms with van der Waals surface area (Å²) in [7, 11) is 0. The average Bonchev–Trinajstić information content (AvgIpc) is 2.50. The van der Waals surface area contributed by atoms with Crippen LogP contribution in [0.4, 0.5) is 0 Å². The van der Waals surface area contributed by atoms with Gasteiger partial charge in [-0.05, 0) is 24.1 Å². The summed E-state index contributed by atoms with van der Waals surface area (Å²) in [4.78, 5) is 0. The third-order valence-corrected chi connectivity index (χ3v) is 3.43. The fraction of sp³-hybridized carbons (Fsp3) is 0.625. The van der Waals surface area contributed by atoms with E-state index in [0.29, 0.717) is 19.8 Å². The van der Waals surface area contributed by atoms with E-state index in [0.717, 1.165) is 30.1 Å². The lowest BCUT2D eigenvalue weighted by Crippen LogP contribution is -2.19. The molecule has 1 aromatic rings. The van der Waals surface area contributed by atoms with Crippen LogP contribution in [-0.4, -0.2) is 26.4 Å². The molecule has 0 spiro atoms. The Kier molecular flexibility index (Phi) is 6.15. The normalized spacial score (nSPS) is 15.1. The molecule has 1 heterocycles. The van der Waals surface area contributed by atoms with Gasteiger partial charge in [-0.25, -0.2) is 0 Å². The van der Waals surface area contributed by atoms with Crippen LogP contribution in [0.5, 0.6) is 11.5 Å². The van der Waals surface area contributed by atoms with Crippen molar-refractivity contribution < 1.29 is 14.2 Å². The molecule has 4 nitrogen and oxygen atoms in total. The van der Waals surface area contributed by atoms with Crippen molar-refractivity contribution in [1.29, 1.82) is 0 Å². The molecule has 1 aromatic carbocycles. The third kappa shape index (κ3) is 4.39. The third-order valence-electron chi connectivity index (χ3n) is 3.43. The summed E-state index contributed by atoms with van der Waals surface area (Å²) in [5, 5.41) is 0. The monoisotopic (exact) mass is 279 g/mol. The maximum Gasteiger partial charge on any atom is 0.161 e. The highest BCUT2D eigenvalue weighted by Gasteiger charge is 2.14. The summed E-state index contributed by atoms with van der Waals surface area (Å²) in [6.07, 6.45) is 4.87. The Morgan fingerprint density at radius 1 is 1.15 bits per heavy atom. The van der Waals surface area contributed by atoms with Gasteiger partial charge in [0.25, 0.3) is 0 Å². The van der Waals surface area contributed by atoms with Crippen LogP contribution in [0.25, 0.3) is 0 Å². The second-order valence-corrected chi connectivity index (χ2v) is 5.15. The zero-order valence-corrected chi connectivity index (χ0v) is 12.3. The molecule has 112 valence electrons. The first-order valence-electron chi connectivity index (χ1n) is 7.54. The Morgan fingerprint density at radius 2 is 1.95 bits per heavy atom. The molecular formula is C16H25NO3. The fourth-order valence-electron chi connectivity index (χ4n) is 2.23. The van der Waals surface area contributed by atoms with Gasteiger partial charge in [0, 0.05) is 6.61 Å². The standard InChI is InChI=1S/C16H25NO3/c1-2-3-4-5-8-18-12-14(17)13-6-7-15-16(11-13)20-10-9-19-15/h6-7,11,14H,2-5,8-10,12,17H2,1H3. The van der Waals surface area contributed by atoms with Gasteiger partial charge >= 0.3 is 0 Å². The molecule has 20 heavy (non-hydrogen) atoms. The summed E-state index contributed by atoms with van der Waals surface area (Å²) in [5.74, 6) is 1.58. The molecule has 0 aromatic heterocycles. The van der Waals surface area contributed by atoms with Crippen LogP contribution in [0, 0.1) is 0 Å². The number of nitrogens with two attached hydrogens (primary N) is 1. The zero-order valence-electron chi connectivity index (χ0n) is 12.3. The van der Waals surface area contributed by atoms with E-state index in [-0.39, 0.29) is 6.04 Å². The zero-order chi connectivity index (χ0) is 14.2. The van der Waals surface area contributed by atoms with E-state index in [1.165, 1.54) is 19.3 Å². The number of rotatable bonds is 8. The molecule has 0 saturated carbocycles. The van der Waals surface area contributed by atoms with Crippen LogP contribution >= 0.6 is 0 Å². The maximum atomic E-state index is 6.15. The predicted octanol–water partition coefficient (Wildman–Crippen LogP) is 3.05. The van der Waals surface area contributed by atoms with Crippen LogP contribution < -0.4 is 15.2 Å². The number of fused-ring (bicyclic) bond motifs is 1. The highest BCUT2D eigenvalue weighted by Crippen LogP contribution is 2.32. The molecule has 1 aliphatic rings. The smallest absolute Gasteiger partial charge is 0.161 e. The highest BCUT2D eigenvalue weighted by atomic mass is 16.6. The van der Waals surface area contributed by atoms with Crippen molar-refractivity contribution in [1.82, 2.24) is 0 Å². The SMILES string of the molecule is CCCCCCOCC(N)c1ccc2c(c1)OCCO2. The van der Waals surface area contributed by atoms with E-state index in [4.69, 9.17) is 19.9 Å².